The number of nitrogens with one attached hydrogen (secondary N) is 1. The Hall–Kier alpha value is -0.220. The number of halogens is 2. The SMILES string of the molecule is FC1(F)C(C2CCOCC2)C1C1CCCNC1. The van der Waals surface area contributed by atoms with Gasteiger partial charge in [0.2, 0.25) is 0 Å². The number of hydrogen-bond donors (Lipinski definition) is 1. The lowest BCUT2D eigenvalue weighted by atomic mass is 9.87. The van der Waals surface area contributed by atoms with Crippen molar-refractivity contribution in [1.29, 1.82) is 0 Å². The van der Waals surface area contributed by atoms with Crippen LogP contribution in [0, 0.1) is 23.7 Å². The van der Waals surface area contributed by atoms with Gasteiger partial charge in [0, 0.05) is 25.0 Å². The maximum absolute atomic E-state index is 14.0. The summed E-state index contributed by atoms with van der Waals surface area (Å²) in [4.78, 5) is 0. The van der Waals surface area contributed by atoms with Crippen LogP contribution in [0.15, 0.2) is 0 Å². The van der Waals surface area contributed by atoms with E-state index in [4.69, 9.17) is 4.74 Å². The summed E-state index contributed by atoms with van der Waals surface area (Å²) in [6.07, 6.45) is 3.69. The highest BCUT2D eigenvalue weighted by Gasteiger charge is 2.71. The Labute approximate surface area is 101 Å². The highest BCUT2D eigenvalue weighted by Crippen LogP contribution is 2.64. The van der Waals surface area contributed by atoms with Crippen molar-refractivity contribution < 1.29 is 13.5 Å². The van der Waals surface area contributed by atoms with Crippen LogP contribution in [0.2, 0.25) is 0 Å². The normalized spacial score (nSPS) is 42.4. The van der Waals surface area contributed by atoms with Crippen molar-refractivity contribution in [3.63, 3.8) is 0 Å². The molecule has 1 saturated carbocycles. The molecule has 4 heteroatoms. The zero-order valence-electron chi connectivity index (χ0n) is 10.1. The van der Waals surface area contributed by atoms with Crippen LogP contribution in [0.1, 0.15) is 25.7 Å². The second-order valence-electron chi connectivity index (χ2n) is 5.78. The van der Waals surface area contributed by atoms with Crippen molar-refractivity contribution in [2.75, 3.05) is 26.3 Å². The fourth-order valence-corrected chi connectivity index (χ4v) is 3.85. The third kappa shape index (κ3) is 2.10. The average molecular weight is 245 g/mol. The molecule has 3 rings (SSSR count). The first-order valence-corrected chi connectivity index (χ1v) is 6.87. The van der Waals surface area contributed by atoms with Gasteiger partial charge in [0.25, 0.3) is 5.92 Å². The lowest BCUT2D eigenvalue weighted by molar-refractivity contribution is 0.0279. The molecule has 3 atom stereocenters. The van der Waals surface area contributed by atoms with Crippen LogP contribution in [0.5, 0.6) is 0 Å². The average Bonchev–Trinajstić information content (AvgIpc) is 2.94. The standard InChI is InChI=1S/C13H21F2NO/c14-13(15)11(9-3-6-17-7-4-9)12(13)10-2-1-5-16-8-10/h9-12,16H,1-8H2. The van der Waals surface area contributed by atoms with Gasteiger partial charge in [-0.3, -0.25) is 0 Å². The van der Waals surface area contributed by atoms with Crippen LogP contribution >= 0.6 is 0 Å². The fraction of sp³-hybridized carbons (Fsp3) is 1.00. The van der Waals surface area contributed by atoms with Gasteiger partial charge in [0.1, 0.15) is 0 Å². The molecule has 98 valence electrons. The summed E-state index contributed by atoms with van der Waals surface area (Å²) in [5.74, 6) is -2.70. The van der Waals surface area contributed by atoms with Crippen LogP contribution in [0.4, 0.5) is 8.78 Å². The highest BCUT2D eigenvalue weighted by molar-refractivity contribution is 5.11. The van der Waals surface area contributed by atoms with E-state index in [2.05, 4.69) is 5.32 Å². The smallest absolute Gasteiger partial charge is 0.255 e. The van der Waals surface area contributed by atoms with E-state index in [0.717, 1.165) is 38.8 Å². The maximum atomic E-state index is 14.0. The summed E-state index contributed by atoms with van der Waals surface area (Å²) in [5, 5.41) is 3.26. The molecule has 0 aromatic heterocycles. The Bertz CT molecular complexity index is 247. The molecule has 0 amide bonds. The van der Waals surface area contributed by atoms with Crippen LogP contribution < -0.4 is 5.32 Å². The van der Waals surface area contributed by atoms with Gasteiger partial charge in [-0.15, -0.1) is 0 Å². The van der Waals surface area contributed by atoms with E-state index in [0.29, 0.717) is 13.2 Å². The minimum Gasteiger partial charge on any atom is -0.381 e. The van der Waals surface area contributed by atoms with Crippen molar-refractivity contribution >= 4 is 0 Å². The van der Waals surface area contributed by atoms with Gasteiger partial charge in [0.05, 0.1) is 0 Å². The molecule has 0 radical (unpaired) electrons. The van der Waals surface area contributed by atoms with Gasteiger partial charge >= 0.3 is 0 Å². The van der Waals surface area contributed by atoms with E-state index in [-0.39, 0.29) is 23.7 Å². The Morgan fingerprint density at radius 1 is 1.00 bits per heavy atom. The first-order valence-electron chi connectivity index (χ1n) is 6.87. The van der Waals surface area contributed by atoms with Gasteiger partial charge in [-0.2, -0.15) is 0 Å². The molecule has 3 fully saturated rings. The van der Waals surface area contributed by atoms with Gasteiger partial charge in [-0.1, -0.05) is 0 Å². The molecular formula is C13H21F2NO. The van der Waals surface area contributed by atoms with Crippen molar-refractivity contribution in [3.8, 4) is 0 Å². The molecule has 2 saturated heterocycles. The Morgan fingerprint density at radius 2 is 1.71 bits per heavy atom. The molecule has 0 aromatic carbocycles. The molecule has 2 nitrogen and oxygen atoms in total. The summed E-state index contributed by atoms with van der Waals surface area (Å²) in [7, 11) is 0. The lowest BCUT2D eigenvalue weighted by Gasteiger charge is -2.25. The first kappa shape index (κ1) is 11.8. The van der Waals surface area contributed by atoms with Gasteiger partial charge in [-0.25, -0.2) is 8.78 Å². The predicted molar refractivity (Wildman–Crippen MR) is 61.1 cm³/mol. The zero-order chi connectivity index (χ0) is 11.9. The topological polar surface area (TPSA) is 21.3 Å². The summed E-state index contributed by atoms with van der Waals surface area (Å²) in [5.41, 5.74) is 0. The Kier molecular flexibility index (Phi) is 3.11. The molecule has 3 unspecified atom stereocenters. The molecule has 0 bridgehead atoms. The second kappa shape index (κ2) is 4.47. The molecular weight excluding hydrogens is 224 g/mol. The number of piperidine rings is 1. The van der Waals surface area contributed by atoms with E-state index in [1.807, 2.05) is 0 Å². The monoisotopic (exact) mass is 245 g/mol. The third-order valence-electron chi connectivity index (χ3n) is 4.78. The van der Waals surface area contributed by atoms with Crippen LogP contribution in [0.3, 0.4) is 0 Å². The van der Waals surface area contributed by atoms with Crippen LogP contribution in [-0.4, -0.2) is 32.2 Å². The molecule has 2 heterocycles. The lowest BCUT2D eigenvalue weighted by Crippen LogP contribution is -2.32. The quantitative estimate of drug-likeness (QED) is 0.806. The molecule has 1 N–H and O–H groups in total. The van der Waals surface area contributed by atoms with Crippen molar-refractivity contribution in [3.05, 3.63) is 0 Å². The predicted octanol–water partition coefficient (Wildman–Crippen LogP) is 2.29. The second-order valence-corrected chi connectivity index (χ2v) is 5.78. The van der Waals surface area contributed by atoms with Crippen molar-refractivity contribution in [1.82, 2.24) is 5.32 Å². The molecule has 17 heavy (non-hydrogen) atoms. The molecule has 0 aromatic rings. The van der Waals surface area contributed by atoms with E-state index in [1.165, 1.54) is 0 Å². The number of ether oxygens (including phenoxy) is 1. The zero-order valence-corrected chi connectivity index (χ0v) is 10.1. The number of hydrogen-bond acceptors (Lipinski definition) is 2. The largest absolute Gasteiger partial charge is 0.381 e. The minimum atomic E-state index is -2.40. The van der Waals surface area contributed by atoms with E-state index < -0.39 is 5.92 Å². The summed E-state index contributed by atoms with van der Waals surface area (Å²) >= 11 is 0. The minimum absolute atomic E-state index is 0.200. The van der Waals surface area contributed by atoms with Crippen LogP contribution in [0.25, 0.3) is 0 Å². The van der Waals surface area contributed by atoms with E-state index in [9.17, 15) is 8.78 Å². The van der Waals surface area contributed by atoms with Crippen molar-refractivity contribution in [2.24, 2.45) is 23.7 Å². The van der Waals surface area contributed by atoms with Crippen molar-refractivity contribution in [2.45, 2.75) is 31.6 Å². The van der Waals surface area contributed by atoms with Crippen LogP contribution in [-0.2, 0) is 4.74 Å². The molecule has 3 aliphatic rings. The molecule has 1 aliphatic carbocycles. The summed E-state index contributed by atoms with van der Waals surface area (Å²) in [6.45, 7) is 3.14. The van der Waals surface area contributed by atoms with E-state index in [1.54, 1.807) is 0 Å². The highest BCUT2D eigenvalue weighted by atomic mass is 19.3. The third-order valence-corrected chi connectivity index (χ3v) is 4.78. The molecule has 0 spiro atoms. The van der Waals surface area contributed by atoms with Gasteiger partial charge < -0.3 is 10.1 Å². The van der Waals surface area contributed by atoms with Gasteiger partial charge in [0.15, 0.2) is 0 Å². The fourth-order valence-electron chi connectivity index (χ4n) is 3.85. The van der Waals surface area contributed by atoms with E-state index >= 15 is 0 Å². The summed E-state index contributed by atoms with van der Waals surface area (Å²) in [6, 6.07) is 0. The maximum Gasteiger partial charge on any atom is 0.255 e. The van der Waals surface area contributed by atoms with Gasteiger partial charge in [-0.05, 0) is 50.6 Å². The number of rotatable bonds is 2. The Balaban J connectivity index is 1.64. The number of alkyl halides is 2. The molecule has 2 aliphatic heterocycles. The summed E-state index contributed by atoms with van der Waals surface area (Å²) < 4.78 is 33.2. The Morgan fingerprint density at radius 3 is 2.35 bits per heavy atom. The first-order chi connectivity index (χ1) is 8.21.